The highest BCUT2D eigenvalue weighted by Gasteiger charge is 2.65. The van der Waals surface area contributed by atoms with Crippen LogP contribution in [0.2, 0.25) is 0 Å². The maximum Gasteiger partial charge on any atom is 0.360 e. The molecule has 1 aromatic carbocycles. The van der Waals surface area contributed by atoms with Crippen molar-refractivity contribution in [2.75, 3.05) is 18.0 Å². The maximum absolute atomic E-state index is 13.1. The molecule has 0 aliphatic heterocycles. The van der Waals surface area contributed by atoms with Crippen LogP contribution in [0.5, 0.6) is 5.75 Å². The minimum atomic E-state index is -4.57. The van der Waals surface area contributed by atoms with E-state index in [-0.39, 0.29) is 18.0 Å². The molecule has 4 rings (SSSR count). The molecule has 0 radical (unpaired) electrons. The van der Waals surface area contributed by atoms with Gasteiger partial charge in [0.05, 0.1) is 19.3 Å². The van der Waals surface area contributed by atoms with Crippen molar-refractivity contribution in [3.63, 3.8) is 0 Å². The Labute approximate surface area is 176 Å². The highest BCUT2D eigenvalue weighted by atomic mass is 32.2. The zero-order valence-electron chi connectivity index (χ0n) is 17.4. The van der Waals surface area contributed by atoms with E-state index in [1.807, 2.05) is 6.92 Å². The summed E-state index contributed by atoms with van der Waals surface area (Å²) in [6.07, 6.45) is 3.12. The molecule has 1 saturated carbocycles. The number of hydrogen-bond donors (Lipinski definition) is 2. The molecule has 0 unspecified atom stereocenters. The summed E-state index contributed by atoms with van der Waals surface area (Å²) in [4.78, 5) is 13.1. The molecular formula is C22H25NO6S. The fourth-order valence-electron chi connectivity index (χ4n) is 4.82. The Morgan fingerprint density at radius 1 is 1.17 bits per heavy atom. The largest absolute Gasteiger partial charge is 0.497 e. The molecule has 3 aliphatic carbocycles. The highest BCUT2D eigenvalue weighted by Crippen LogP contribution is 2.65. The third-order valence-electron chi connectivity index (χ3n) is 6.81. The number of allylic oxidation sites excluding steroid dienone is 2. The van der Waals surface area contributed by atoms with Crippen LogP contribution in [0.15, 0.2) is 58.2 Å². The molecule has 0 heterocycles. The zero-order chi connectivity index (χ0) is 22.1. The number of anilines is 1. The van der Waals surface area contributed by atoms with Gasteiger partial charge in [-0.15, -0.1) is 0 Å². The Morgan fingerprint density at radius 2 is 1.77 bits per heavy atom. The number of Topliss-reactive ketones (excluding diaryl/α,β-unsaturated/α-hetero) is 1. The lowest BCUT2D eigenvalue weighted by molar-refractivity contribution is -0.137. The van der Waals surface area contributed by atoms with Gasteiger partial charge in [-0.05, 0) is 80.7 Å². The zero-order valence-corrected chi connectivity index (χ0v) is 18.2. The van der Waals surface area contributed by atoms with Gasteiger partial charge in [0.2, 0.25) is 0 Å². The van der Waals surface area contributed by atoms with Gasteiger partial charge in [-0.2, -0.15) is 8.42 Å². The van der Waals surface area contributed by atoms with E-state index in [1.54, 1.807) is 44.2 Å². The number of rotatable bonds is 5. The summed E-state index contributed by atoms with van der Waals surface area (Å²) in [6.45, 7) is 5.15. The number of carbonyl (C=O) groups is 1. The van der Waals surface area contributed by atoms with Gasteiger partial charge in [-0.3, -0.25) is 9.35 Å². The second kappa shape index (κ2) is 6.54. The first-order chi connectivity index (χ1) is 13.9. The normalized spacial score (nSPS) is 24.9. The monoisotopic (exact) mass is 431 g/mol. The molecular weight excluding hydrogens is 406 g/mol. The van der Waals surface area contributed by atoms with Crippen LogP contribution in [0.1, 0.15) is 33.6 Å². The molecule has 0 bridgehead atoms. The Kier molecular flexibility index (Phi) is 4.54. The maximum atomic E-state index is 13.1. The summed E-state index contributed by atoms with van der Waals surface area (Å²) in [5, 5.41) is 11.0. The van der Waals surface area contributed by atoms with Crippen LogP contribution in [-0.2, 0) is 15.1 Å². The van der Waals surface area contributed by atoms with Gasteiger partial charge in [0.15, 0.2) is 5.78 Å². The second-order valence-corrected chi connectivity index (χ2v) is 9.72. The molecule has 2 N–H and O–H groups in total. The third kappa shape index (κ3) is 2.85. The summed E-state index contributed by atoms with van der Waals surface area (Å²) < 4.78 is 40.4. The van der Waals surface area contributed by atoms with Crippen LogP contribution < -0.4 is 9.04 Å². The lowest BCUT2D eigenvalue weighted by Crippen LogP contribution is -2.49. The molecule has 0 amide bonds. The number of nitrogens with zero attached hydrogens (tertiary/aromatic N) is 1. The summed E-state index contributed by atoms with van der Waals surface area (Å²) in [7, 11) is -3.07. The topological polar surface area (TPSA) is 104 Å². The van der Waals surface area contributed by atoms with Gasteiger partial charge in [0.25, 0.3) is 0 Å². The Bertz CT molecular complexity index is 1130. The summed E-state index contributed by atoms with van der Waals surface area (Å²) in [5.74, 6) is 0.224. The number of ketones is 1. The molecule has 8 heteroatoms. The average molecular weight is 432 g/mol. The van der Waals surface area contributed by atoms with Gasteiger partial charge < -0.3 is 9.84 Å². The van der Waals surface area contributed by atoms with Crippen molar-refractivity contribution in [2.45, 2.75) is 39.2 Å². The summed E-state index contributed by atoms with van der Waals surface area (Å²) >= 11 is 0. The van der Waals surface area contributed by atoms with E-state index >= 15 is 0 Å². The molecule has 1 spiro atoms. The van der Waals surface area contributed by atoms with Gasteiger partial charge in [0, 0.05) is 11.0 Å². The van der Waals surface area contributed by atoms with E-state index in [0.29, 0.717) is 35.3 Å². The number of methoxy groups -OCH3 is 1. The molecule has 0 aromatic heterocycles. The van der Waals surface area contributed by atoms with Crippen molar-refractivity contribution in [3.05, 3.63) is 58.2 Å². The van der Waals surface area contributed by atoms with E-state index < -0.39 is 21.3 Å². The van der Waals surface area contributed by atoms with Crippen molar-refractivity contribution in [1.82, 2.24) is 0 Å². The first-order valence-electron chi connectivity index (χ1n) is 9.74. The fraction of sp³-hybridized carbons (Fsp3) is 0.409. The highest BCUT2D eigenvalue weighted by molar-refractivity contribution is 7.87. The van der Waals surface area contributed by atoms with Crippen molar-refractivity contribution in [3.8, 4) is 5.75 Å². The number of benzene rings is 1. The SMILES string of the molecule is COc1ccc(N(CC2=C(C)C=C3C(=O)[C@](C)(O)C4(CC4)C(C)=C32)S(=O)(=O)O)cc1. The molecule has 3 aliphatic rings. The quantitative estimate of drug-likeness (QED) is 0.695. The first kappa shape index (κ1) is 20.8. The van der Waals surface area contributed by atoms with E-state index in [1.165, 1.54) is 7.11 Å². The number of carbonyl (C=O) groups excluding carboxylic acids is 1. The number of aliphatic hydroxyl groups is 1. The smallest absolute Gasteiger partial charge is 0.360 e. The minimum Gasteiger partial charge on any atom is -0.497 e. The van der Waals surface area contributed by atoms with E-state index in [2.05, 4.69) is 0 Å². The van der Waals surface area contributed by atoms with Crippen molar-refractivity contribution >= 4 is 21.8 Å². The van der Waals surface area contributed by atoms with Crippen molar-refractivity contribution in [1.29, 1.82) is 0 Å². The van der Waals surface area contributed by atoms with Crippen molar-refractivity contribution < 1.29 is 27.6 Å². The predicted octanol–water partition coefficient (Wildman–Crippen LogP) is 2.99. The lowest BCUT2D eigenvalue weighted by Gasteiger charge is -2.39. The molecule has 1 atom stereocenters. The van der Waals surface area contributed by atoms with E-state index in [4.69, 9.17) is 4.74 Å². The van der Waals surface area contributed by atoms with Gasteiger partial charge in [-0.25, -0.2) is 4.31 Å². The van der Waals surface area contributed by atoms with Crippen LogP contribution in [-0.4, -0.2) is 43.1 Å². The van der Waals surface area contributed by atoms with Crippen LogP contribution in [0.3, 0.4) is 0 Å². The molecule has 30 heavy (non-hydrogen) atoms. The van der Waals surface area contributed by atoms with Crippen LogP contribution >= 0.6 is 0 Å². The number of fused-ring (bicyclic) bond motifs is 1. The molecule has 1 aromatic rings. The van der Waals surface area contributed by atoms with Crippen molar-refractivity contribution in [2.24, 2.45) is 5.41 Å². The molecule has 1 fully saturated rings. The molecule has 160 valence electrons. The van der Waals surface area contributed by atoms with E-state index in [9.17, 15) is 22.9 Å². The van der Waals surface area contributed by atoms with Gasteiger partial charge in [-0.1, -0.05) is 5.57 Å². The van der Waals surface area contributed by atoms with Crippen LogP contribution in [0.25, 0.3) is 0 Å². The number of ether oxygens (including phenoxy) is 1. The standard InChI is InChI=1S/C22H25NO6S/c1-13-11-17-19(14(2)22(9-10-22)21(3,25)20(17)24)18(13)12-23(30(26,27)28)15-5-7-16(29-4)8-6-15/h5-8,11,25H,9-10,12H2,1-4H3,(H,26,27,28)/t21-/m0/s1. The van der Waals surface area contributed by atoms with Gasteiger partial charge >= 0.3 is 10.3 Å². The Balaban J connectivity index is 1.78. The lowest BCUT2D eigenvalue weighted by atomic mass is 9.67. The Morgan fingerprint density at radius 3 is 2.27 bits per heavy atom. The second-order valence-electron chi connectivity index (χ2n) is 8.39. The summed E-state index contributed by atoms with van der Waals surface area (Å²) in [5.41, 5.74) is 1.61. The Hall–Kier alpha value is -2.42. The van der Waals surface area contributed by atoms with Crippen LogP contribution in [0.4, 0.5) is 5.69 Å². The molecule has 7 nitrogen and oxygen atoms in total. The molecule has 0 saturated heterocycles. The third-order valence-corrected chi connectivity index (χ3v) is 7.71. The van der Waals surface area contributed by atoms with Crippen LogP contribution in [0, 0.1) is 5.41 Å². The first-order valence-corrected chi connectivity index (χ1v) is 11.1. The van der Waals surface area contributed by atoms with Gasteiger partial charge in [0.1, 0.15) is 11.4 Å². The summed E-state index contributed by atoms with van der Waals surface area (Å²) in [6, 6.07) is 6.31. The predicted molar refractivity (Wildman–Crippen MR) is 113 cm³/mol. The average Bonchev–Trinajstić information content (AvgIpc) is 3.43. The fourth-order valence-corrected chi connectivity index (χ4v) is 5.50. The van der Waals surface area contributed by atoms with E-state index in [0.717, 1.165) is 15.5 Å². The number of hydrogen-bond acceptors (Lipinski definition) is 5. The minimum absolute atomic E-state index is 0.130.